The molecular weight excluding hydrogens is 439 g/mol. The summed E-state index contributed by atoms with van der Waals surface area (Å²) in [5.41, 5.74) is -0.202. The highest BCUT2D eigenvalue weighted by Gasteiger charge is 2.40. The van der Waals surface area contributed by atoms with Crippen molar-refractivity contribution in [2.45, 2.75) is 39.0 Å². The van der Waals surface area contributed by atoms with Gasteiger partial charge in [-0.1, -0.05) is 37.2 Å². The molecule has 7 nitrogen and oxygen atoms in total. The number of nitrogens with one attached hydrogen (secondary N) is 1. The van der Waals surface area contributed by atoms with Gasteiger partial charge in [0.05, 0.1) is 17.8 Å². The van der Waals surface area contributed by atoms with Crippen molar-refractivity contribution in [1.82, 2.24) is 10.5 Å². The first-order valence-electron chi connectivity index (χ1n) is 10.5. The van der Waals surface area contributed by atoms with Crippen LogP contribution in [-0.4, -0.2) is 29.6 Å². The van der Waals surface area contributed by atoms with Crippen molar-refractivity contribution >= 4 is 28.5 Å². The minimum Gasteiger partial charge on any atom is -0.488 e. The van der Waals surface area contributed by atoms with E-state index < -0.39 is 36.0 Å². The lowest BCUT2D eigenvalue weighted by atomic mass is 10.1. The van der Waals surface area contributed by atoms with Crippen LogP contribution in [0.2, 0.25) is 0 Å². The molecule has 0 unspecified atom stereocenters. The Balaban J connectivity index is 1.78. The third-order valence-electron chi connectivity index (χ3n) is 5.69. The molecule has 0 aliphatic carbocycles. The van der Waals surface area contributed by atoms with Crippen LogP contribution in [0.1, 0.15) is 31.5 Å². The summed E-state index contributed by atoms with van der Waals surface area (Å²) in [5, 5.41) is 7.25. The number of halogens is 3. The van der Waals surface area contributed by atoms with Crippen LogP contribution in [0.3, 0.4) is 0 Å². The molecule has 0 radical (unpaired) electrons. The minimum absolute atomic E-state index is 0.0535. The second kappa shape index (κ2) is 8.76. The third kappa shape index (κ3) is 4.37. The van der Waals surface area contributed by atoms with Gasteiger partial charge in [0, 0.05) is 11.3 Å². The van der Waals surface area contributed by atoms with Gasteiger partial charge in [-0.2, -0.15) is 13.2 Å². The van der Waals surface area contributed by atoms with E-state index in [4.69, 9.17) is 9.26 Å². The van der Waals surface area contributed by atoms with E-state index in [0.717, 1.165) is 11.0 Å². The summed E-state index contributed by atoms with van der Waals surface area (Å²) in [6.45, 7) is 2.93. The van der Waals surface area contributed by atoms with Crippen molar-refractivity contribution < 1.29 is 32.0 Å². The molecule has 2 aromatic carbocycles. The van der Waals surface area contributed by atoms with Gasteiger partial charge >= 0.3 is 6.18 Å². The number of fused-ring (bicyclic) bond motifs is 2. The van der Waals surface area contributed by atoms with Crippen molar-refractivity contribution in [2.24, 2.45) is 5.92 Å². The molecule has 174 valence electrons. The Kier molecular flexibility index (Phi) is 6.01. The zero-order valence-corrected chi connectivity index (χ0v) is 18.0. The van der Waals surface area contributed by atoms with Gasteiger partial charge in [-0.25, -0.2) is 0 Å². The zero-order chi connectivity index (χ0) is 23.8. The van der Waals surface area contributed by atoms with Crippen LogP contribution in [0.15, 0.2) is 47.0 Å². The summed E-state index contributed by atoms with van der Waals surface area (Å²) in [4.78, 5) is 27.1. The van der Waals surface area contributed by atoms with Crippen molar-refractivity contribution in [3.8, 4) is 5.75 Å². The first-order valence-corrected chi connectivity index (χ1v) is 10.5. The number of carbonyl (C=O) groups is 2. The molecule has 1 N–H and O–H groups in total. The van der Waals surface area contributed by atoms with E-state index in [1.807, 2.05) is 6.92 Å². The van der Waals surface area contributed by atoms with E-state index in [9.17, 15) is 22.8 Å². The summed E-state index contributed by atoms with van der Waals surface area (Å²) >= 11 is 0. The molecule has 0 saturated heterocycles. The predicted molar refractivity (Wildman–Crippen MR) is 114 cm³/mol. The van der Waals surface area contributed by atoms with Gasteiger partial charge in [0.15, 0.2) is 11.3 Å². The van der Waals surface area contributed by atoms with Gasteiger partial charge in [-0.05, 0) is 30.7 Å². The minimum atomic E-state index is -4.69. The highest BCUT2D eigenvalue weighted by atomic mass is 19.4. The number of alkyl halides is 3. The highest BCUT2D eigenvalue weighted by molar-refractivity contribution is 6.01. The number of carbonyl (C=O) groups excluding carboxylic acids is 2. The number of hydrogen-bond donors (Lipinski definition) is 1. The SMILES string of the molecule is CC[C@@H](C)C(=O)N[C@H]1COc2c(cccc2C(F)(F)F)N(Cc2noc3ccccc23)C1=O. The Morgan fingerprint density at radius 1 is 1.24 bits per heavy atom. The fraction of sp³-hybridized carbons (Fsp3) is 0.348. The number of ether oxygens (including phenoxy) is 1. The number of rotatable bonds is 5. The van der Waals surface area contributed by atoms with Gasteiger partial charge in [0.2, 0.25) is 5.91 Å². The fourth-order valence-corrected chi connectivity index (χ4v) is 3.62. The van der Waals surface area contributed by atoms with Crippen molar-refractivity contribution in [3.63, 3.8) is 0 Å². The summed E-state index contributed by atoms with van der Waals surface area (Å²) < 4.78 is 51.9. The maximum absolute atomic E-state index is 13.7. The Morgan fingerprint density at radius 2 is 2.00 bits per heavy atom. The molecule has 1 aliphatic rings. The Labute approximate surface area is 187 Å². The standard InChI is InChI=1S/C23H22F3N3O4/c1-3-13(2)21(30)27-17-12-32-20-15(23(24,25)26)8-6-9-18(20)29(22(17)31)11-16-14-7-4-5-10-19(14)33-28-16/h4-10,13,17H,3,11-12H2,1-2H3,(H,27,30)/t13-,17+/m1/s1. The Bertz CT molecular complexity index is 1190. The first kappa shape index (κ1) is 22.6. The van der Waals surface area contributed by atoms with Crippen LogP contribution in [0.4, 0.5) is 18.9 Å². The van der Waals surface area contributed by atoms with Gasteiger partial charge in [0.25, 0.3) is 5.91 Å². The molecule has 10 heteroatoms. The summed E-state index contributed by atoms with van der Waals surface area (Å²) in [6, 6.07) is 9.28. The molecule has 0 spiro atoms. The van der Waals surface area contributed by atoms with E-state index in [2.05, 4.69) is 10.5 Å². The molecule has 0 saturated carbocycles. The van der Waals surface area contributed by atoms with E-state index in [1.165, 1.54) is 12.1 Å². The average Bonchev–Trinajstić information content (AvgIpc) is 3.15. The third-order valence-corrected chi connectivity index (χ3v) is 5.69. The summed E-state index contributed by atoms with van der Waals surface area (Å²) in [7, 11) is 0. The molecule has 2 atom stereocenters. The van der Waals surface area contributed by atoms with Crippen LogP contribution < -0.4 is 15.0 Å². The monoisotopic (exact) mass is 461 g/mol. The maximum atomic E-state index is 13.7. The number of aromatic nitrogens is 1. The largest absolute Gasteiger partial charge is 0.488 e. The molecule has 3 aromatic rings. The van der Waals surface area contributed by atoms with E-state index >= 15 is 0 Å². The molecule has 33 heavy (non-hydrogen) atoms. The summed E-state index contributed by atoms with van der Waals surface area (Å²) in [5.74, 6) is -1.82. The second-order valence-corrected chi connectivity index (χ2v) is 7.88. The number of benzene rings is 2. The smallest absolute Gasteiger partial charge is 0.420 e. The van der Waals surface area contributed by atoms with Gasteiger partial charge in [-0.3, -0.25) is 9.59 Å². The average molecular weight is 461 g/mol. The van der Waals surface area contributed by atoms with Crippen LogP contribution in [0, 0.1) is 5.92 Å². The van der Waals surface area contributed by atoms with Gasteiger partial charge in [0.1, 0.15) is 18.3 Å². The quantitative estimate of drug-likeness (QED) is 0.612. The zero-order valence-electron chi connectivity index (χ0n) is 18.0. The van der Waals surface area contributed by atoms with E-state index in [-0.39, 0.29) is 24.1 Å². The molecular formula is C23H22F3N3O4. The van der Waals surface area contributed by atoms with Gasteiger partial charge in [-0.15, -0.1) is 0 Å². The topological polar surface area (TPSA) is 84.7 Å². The number of nitrogens with zero attached hydrogens (tertiary/aromatic N) is 2. The molecule has 2 amide bonds. The normalized spacial score (nSPS) is 17.3. The lowest BCUT2D eigenvalue weighted by molar-refractivity contribution is -0.139. The molecule has 0 fully saturated rings. The van der Waals surface area contributed by atoms with Crippen LogP contribution in [-0.2, 0) is 22.3 Å². The van der Waals surface area contributed by atoms with Crippen LogP contribution >= 0.6 is 0 Å². The van der Waals surface area contributed by atoms with Crippen LogP contribution in [0.25, 0.3) is 11.0 Å². The second-order valence-electron chi connectivity index (χ2n) is 7.88. The van der Waals surface area contributed by atoms with Crippen LogP contribution in [0.5, 0.6) is 5.75 Å². The Morgan fingerprint density at radius 3 is 2.73 bits per heavy atom. The maximum Gasteiger partial charge on any atom is 0.420 e. The lowest BCUT2D eigenvalue weighted by Gasteiger charge is -2.25. The Hall–Kier alpha value is -3.56. The molecule has 0 bridgehead atoms. The lowest BCUT2D eigenvalue weighted by Crippen LogP contribution is -2.51. The molecule has 4 rings (SSSR count). The molecule has 2 heterocycles. The van der Waals surface area contributed by atoms with E-state index in [0.29, 0.717) is 23.1 Å². The number of hydrogen-bond acceptors (Lipinski definition) is 5. The van der Waals surface area contributed by atoms with Crippen molar-refractivity contribution in [1.29, 1.82) is 0 Å². The number of anilines is 1. The summed E-state index contributed by atoms with van der Waals surface area (Å²) in [6.07, 6.45) is -4.15. The number of para-hydroxylation sites is 2. The number of amides is 2. The van der Waals surface area contributed by atoms with Gasteiger partial charge < -0.3 is 19.5 Å². The van der Waals surface area contributed by atoms with Crippen molar-refractivity contribution in [2.75, 3.05) is 11.5 Å². The first-order chi connectivity index (χ1) is 15.7. The highest BCUT2D eigenvalue weighted by Crippen LogP contribution is 2.43. The molecule has 1 aromatic heterocycles. The van der Waals surface area contributed by atoms with Crippen molar-refractivity contribution in [3.05, 3.63) is 53.7 Å². The predicted octanol–water partition coefficient (Wildman–Crippen LogP) is 4.30. The van der Waals surface area contributed by atoms with E-state index in [1.54, 1.807) is 31.2 Å². The molecule has 1 aliphatic heterocycles. The fourth-order valence-electron chi connectivity index (χ4n) is 3.62.